The van der Waals surface area contributed by atoms with Crippen molar-refractivity contribution >= 4 is 23.4 Å². The molecule has 0 bridgehead atoms. The lowest BCUT2D eigenvalue weighted by molar-refractivity contribution is -0.116. The van der Waals surface area contributed by atoms with E-state index in [2.05, 4.69) is 22.3 Å². The maximum absolute atomic E-state index is 12.0. The second-order valence-electron chi connectivity index (χ2n) is 6.35. The highest BCUT2D eigenvalue weighted by atomic mass is 16.6. The van der Waals surface area contributed by atoms with Crippen LogP contribution < -0.4 is 10.2 Å². The first kappa shape index (κ1) is 16.6. The van der Waals surface area contributed by atoms with E-state index in [0.717, 1.165) is 18.8 Å². The quantitative estimate of drug-likeness (QED) is 0.871. The highest BCUT2D eigenvalue weighted by Crippen LogP contribution is 2.21. The highest BCUT2D eigenvalue weighted by molar-refractivity contribution is 5.90. The summed E-state index contributed by atoms with van der Waals surface area (Å²) in [5.41, 5.74) is 2.04. The van der Waals surface area contributed by atoms with Crippen LogP contribution in [0.1, 0.15) is 32.1 Å². The number of amides is 2. The Morgan fingerprint density at radius 3 is 2.50 bits per heavy atom. The van der Waals surface area contributed by atoms with Crippen molar-refractivity contribution in [3.05, 3.63) is 24.3 Å². The van der Waals surface area contributed by atoms with Gasteiger partial charge in [0.05, 0.1) is 6.54 Å². The van der Waals surface area contributed by atoms with E-state index < -0.39 is 0 Å². The number of nitrogens with one attached hydrogen (secondary N) is 1. The second-order valence-corrected chi connectivity index (χ2v) is 6.35. The van der Waals surface area contributed by atoms with Crippen LogP contribution in [0, 0.1) is 0 Å². The van der Waals surface area contributed by atoms with Gasteiger partial charge in [-0.2, -0.15) is 0 Å². The fourth-order valence-electron chi connectivity index (χ4n) is 3.19. The number of cyclic esters (lactones) is 1. The van der Waals surface area contributed by atoms with Crippen molar-refractivity contribution in [1.29, 1.82) is 0 Å². The van der Waals surface area contributed by atoms with E-state index in [1.807, 2.05) is 12.1 Å². The van der Waals surface area contributed by atoms with Crippen molar-refractivity contribution in [2.45, 2.75) is 32.1 Å². The van der Waals surface area contributed by atoms with Crippen LogP contribution in [0.3, 0.4) is 0 Å². The number of nitrogens with zero attached hydrogens (tertiary/aromatic N) is 2. The third-order valence-electron chi connectivity index (χ3n) is 4.55. The zero-order valence-electron chi connectivity index (χ0n) is 14.0. The van der Waals surface area contributed by atoms with E-state index in [9.17, 15) is 9.59 Å². The highest BCUT2D eigenvalue weighted by Gasteiger charge is 2.21. The number of carbonyl (C=O) groups is 2. The standard InChI is InChI=1S/C18H25N3O3/c22-17(5-4-12-21-13-14-24-18(21)23)19-15-6-8-16(9-7-15)20-10-2-1-3-11-20/h6-9H,1-5,10-14H2,(H,19,22). The van der Waals surface area contributed by atoms with Crippen LogP contribution in [0.25, 0.3) is 0 Å². The summed E-state index contributed by atoms with van der Waals surface area (Å²) < 4.78 is 4.86. The average Bonchev–Trinajstić information content (AvgIpc) is 3.01. The molecule has 3 rings (SSSR count). The second kappa shape index (κ2) is 8.04. The number of benzene rings is 1. The van der Waals surface area contributed by atoms with Gasteiger partial charge in [0, 0.05) is 37.4 Å². The Morgan fingerprint density at radius 2 is 1.83 bits per heavy atom. The molecule has 0 saturated carbocycles. The summed E-state index contributed by atoms with van der Waals surface area (Å²) >= 11 is 0. The number of anilines is 2. The molecule has 130 valence electrons. The SMILES string of the molecule is O=C(CCCN1CCOC1=O)Nc1ccc(N2CCCCC2)cc1. The van der Waals surface area contributed by atoms with Crippen molar-refractivity contribution in [1.82, 2.24) is 4.90 Å². The molecule has 1 N–H and O–H groups in total. The molecule has 6 nitrogen and oxygen atoms in total. The van der Waals surface area contributed by atoms with E-state index in [-0.39, 0.29) is 12.0 Å². The monoisotopic (exact) mass is 331 g/mol. The van der Waals surface area contributed by atoms with Gasteiger partial charge in [-0.3, -0.25) is 4.79 Å². The molecule has 2 aliphatic rings. The van der Waals surface area contributed by atoms with Crippen LogP contribution in [-0.4, -0.2) is 49.7 Å². The minimum atomic E-state index is -0.274. The number of carbonyl (C=O) groups excluding carboxylic acids is 2. The van der Waals surface area contributed by atoms with Crippen molar-refractivity contribution in [2.75, 3.05) is 43.0 Å². The summed E-state index contributed by atoms with van der Waals surface area (Å²) in [5, 5.41) is 2.92. The molecule has 0 radical (unpaired) electrons. The minimum absolute atomic E-state index is 0.0201. The van der Waals surface area contributed by atoms with E-state index in [0.29, 0.717) is 32.5 Å². The van der Waals surface area contributed by atoms with Gasteiger partial charge in [0.2, 0.25) is 5.91 Å². The topological polar surface area (TPSA) is 61.9 Å². The lowest BCUT2D eigenvalue weighted by Crippen LogP contribution is -2.29. The van der Waals surface area contributed by atoms with Crippen LogP contribution >= 0.6 is 0 Å². The Balaban J connectivity index is 1.41. The molecule has 0 aliphatic carbocycles. The third-order valence-corrected chi connectivity index (χ3v) is 4.55. The van der Waals surface area contributed by atoms with Crippen molar-refractivity contribution in [2.24, 2.45) is 0 Å². The molecular weight excluding hydrogens is 306 g/mol. The van der Waals surface area contributed by atoms with Crippen LogP contribution in [0.5, 0.6) is 0 Å². The molecule has 0 unspecified atom stereocenters. The van der Waals surface area contributed by atoms with E-state index in [4.69, 9.17) is 4.74 Å². The number of piperidine rings is 1. The molecule has 0 aromatic heterocycles. The average molecular weight is 331 g/mol. The first-order chi connectivity index (χ1) is 11.7. The molecule has 2 amide bonds. The lowest BCUT2D eigenvalue weighted by atomic mass is 10.1. The summed E-state index contributed by atoms with van der Waals surface area (Å²) in [4.78, 5) is 27.3. The van der Waals surface area contributed by atoms with Gasteiger partial charge < -0.3 is 19.9 Å². The van der Waals surface area contributed by atoms with Crippen LogP contribution in [0.15, 0.2) is 24.3 Å². The molecule has 6 heteroatoms. The predicted octanol–water partition coefficient (Wildman–Crippen LogP) is 2.85. The van der Waals surface area contributed by atoms with Crippen LogP contribution in [0.2, 0.25) is 0 Å². The summed E-state index contributed by atoms with van der Waals surface area (Å²) in [5.74, 6) is -0.0201. The van der Waals surface area contributed by atoms with E-state index in [1.54, 1.807) is 4.90 Å². The number of ether oxygens (including phenoxy) is 1. The molecule has 2 saturated heterocycles. The zero-order valence-corrected chi connectivity index (χ0v) is 14.0. The van der Waals surface area contributed by atoms with E-state index >= 15 is 0 Å². The summed E-state index contributed by atoms with van der Waals surface area (Å²) in [6, 6.07) is 8.06. The summed E-state index contributed by atoms with van der Waals surface area (Å²) in [7, 11) is 0. The number of hydrogen-bond donors (Lipinski definition) is 1. The minimum Gasteiger partial charge on any atom is -0.448 e. The van der Waals surface area contributed by atoms with Crippen molar-refractivity contribution in [3.8, 4) is 0 Å². The summed E-state index contributed by atoms with van der Waals surface area (Å²) in [6.07, 6.45) is 4.60. The lowest BCUT2D eigenvalue weighted by Gasteiger charge is -2.28. The fraction of sp³-hybridized carbons (Fsp3) is 0.556. The van der Waals surface area contributed by atoms with Gasteiger partial charge in [0.1, 0.15) is 6.61 Å². The van der Waals surface area contributed by atoms with Gasteiger partial charge in [0.15, 0.2) is 0 Å². The van der Waals surface area contributed by atoms with Gasteiger partial charge >= 0.3 is 6.09 Å². The zero-order chi connectivity index (χ0) is 16.8. The van der Waals surface area contributed by atoms with Gasteiger partial charge in [-0.25, -0.2) is 4.79 Å². The largest absolute Gasteiger partial charge is 0.448 e. The van der Waals surface area contributed by atoms with Crippen molar-refractivity contribution in [3.63, 3.8) is 0 Å². The molecular formula is C18H25N3O3. The normalized spacial score (nSPS) is 17.8. The molecule has 0 atom stereocenters. The molecule has 24 heavy (non-hydrogen) atoms. The number of rotatable bonds is 6. The third kappa shape index (κ3) is 4.40. The van der Waals surface area contributed by atoms with Gasteiger partial charge in [0.25, 0.3) is 0 Å². The van der Waals surface area contributed by atoms with E-state index in [1.165, 1.54) is 24.9 Å². The fourth-order valence-corrected chi connectivity index (χ4v) is 3.19. The smallest absolute Gasteiger partial charge is 0.409 e. The number of hydrogen-bond acceptors (Lipinski definition) is 4. The van der Waals surface area contributed by atoms with Gasteiger partial charge in [-0.05, 0) is 49.9 Å². The first-order valence-electron chi connectivity index (χ1n) is 8.79. The Kier molecular flexibility index (Phi) is 5.56. The molecule has 2 fully saturated rings. The Morgan fingerprint density at radius 1 is 1.08 bits per heavy atom. The predicted molar refractivity (Wildman–Crippen MR) is 93.3 cm³/mol. The molecule has 2 aliphatic heterocycles. The molecule has 1 aromatic carbocycles. The van der Waals surface area contributed by atoms with Gasteiger partial charge in [-0.15, -0.1) is 0 Å². The van der Waals surface area contributed by atoms with Crippen LogP contribution in [0.4, 0.5) is 16.2 Å². The Hall–Kier alpha value is -2.24. The maximum Gasteiger partial charge on any atom is 0.409 e. The molecule has 2 heterocycles. The van der Waals surface area contributed by atoms with Crippen molar-refractivity contribution < 1.29 is 14.3 Å². The maximum atomic E-state index is 12.0. The van der Waals surface area contributed by atoms with Gasteiger partial charge in [-0.1, -0.05) is 0 Å². The molecule has 0 spiro atoms. The van der Waals surface area contributed by atoms with Crippen LogP contribution in [-0.2, 0) is 9.53 Å². The molecule has 1 aromatic rings. The first-order valence-corrected chi connectivity index (χ1v) is 8.79. The Bertz CT molecular complexity index is 567. The Labute approximate surface area is 142 Å². The summed E-state index contributed by atoms with van der Waals surface area (Å²) in [6.45, 7) is 3.88.